The number of fused-ring (bicyclic) bond motifs is 3. The Balaban J connectivity index is 1.36. The van der Waals surface area contributed by atoms with Crippen LogP contribution in [0.5, 0.6) is 5.75 Å². The molecule has 0 aliphatic carbocycles. The average molecular weight is 552 g/mol. The first kappa shape index (κ1) is 27.0. The predicted molar refractivity (Wildman–Crippen MR) is 158 cm³/mol. The highest BCUT2D eigenvalue weighted by Crippen LogP contribution is 2.39. The number of benzene rings is 2. The molecule has 2 N–H and O–H groups in total. The molecule has 0 spiro atoms. The lowest BCUT2D eigenvalue weighted by atomic mass is 9.91. The second-order valence-electron chi connectivity index (χ2n) is 11.3. The normalized spacial score (nSPS) is 20.9. The number of hydrogen-bond acceptors (Lipinski definition) is 5. The lowest BCUT2D eigenvalue weighted by Gasteiger charge is -2.36. The molecule has 0 saturated carbocycles. The molecule has 4 aromatic rings. The van der Waals surface area contributed by atoms with Crippen molar-refractivity contribution in [2.45, 2.75) is 76.6 Å². The second kappa shape index (κ2) is 11.4. The number of carbonyl (C=O) groups excluding carboxylic acids is 2. The second-order valence-corrected chi connectivity index (χ2v) is 11.3. The third-order valence-corrected chi connectivity index (χ3v) is 9.04. The van der Waals surface area contributed by atoms with E-state index in [0.717, 1.165) is 78.5 Å². The van der Waals surface area contributed by atoms with Gasteiger partial charge >= 0.3 is 0 Å². The molecule has 2 amide bonds. The van der Waals surface area contributed by atoms with Crippen LogP contribution in [-0.2, 0) is 4.79 Å². The minimum atomic E-state index is -0.467. The Morgan fingerprint density at radius 1 is 1.05 bits per heavy atom. The summed E-state index contributed by atoms with van der Waals surface area (Å²) >= 11 is 0. The van der Waals surface area contributed by atoms with E-state index in [1.807, 2.05) is 59.6 Å². The van der Waals surface area contributed by atoms with Crippen LogP contribution in [0.1, 0.15) is 74.5 Å². The number of carbonyl (C=O) groups is 2. The molecule has 2 aliphatic rings. The van der Waals surface area contributed by atoms with Gasteiger partial charge in [-0.3, -0.25) is 19.3 Å². The first-order chi connectivity index (χ1) is 20.0. The summed E-state index contributed by atoms with van der Waals surface area (Å²) in [5.41, 5.74) is 9.75. The van der Waals surface area contributed by atoms with Crippen molar-refractivity contribution in [1.82, 2.24) is 19.7 Å². The van der Waals surface area contributed by atoms with E-state index in [2.05, 4.69) is 24.6 Å². The zero-order valence-corrected chi connectivity index (χ0v) is 23.6. The molecular formula is C33H37N5O3. The van der Waals surface area contributed by atoms with Gasteiger partial charge < -0.3 is 15.4 Å². The molecule has 2 saturated heterocycles. The zero-order chi connectivity index (χ0) is 28.5. The fourth-order valence-electron chi connectivity index (χ4n) is 6.89. The molecule has 6 rings (SSSR count). The Kier molecular flexibility index (Phi) is 7.47. The lowest BCUT2D eigenvalue weighted by Crippen LogP contribution is -2.45. The third kappa shape index (κ3) is 5.07. The van der Waals surface area contributed by atoms with Gasteiger partial charge in [0.1, 0.15) is 17.5 Å². The van der Waals surface area contributed by atoms with Gasteiger partial charge in [-0.2, -0.15) is 5.10 Å². The molecule has 41 heavy (non-hydrogen) atoms. The smallest absolute Gasteiger partial charge is 0.248 e. The minimum absolute atomic E-state index is 0.0583. The van der Waals surface area contributed by atoms with E-state index in [0.29, 0.717) is 11.5 Å². The first-order valence-electron chi connectivity index (χ1n) is 14.7. The molecule has 2 aromatic carbocycles. The standard InChI is InChI=1S/C33H37N5O3/c1-3-21(4-2)32(29-7-5-6-16-35-29)38-30-15-10-23(33(34)40)17-28(30)31(36-38)22-8-13-26(14-9-22)41-27-18-24-11-12-25(19-27)37(24)20-39/h5-10,13-17,20-21,24-25,27,32H,3-4,11-12,18-19H2,1-2H3,(H2,34,40). The summed E-state index contributed by atoms with van der Waals surface area (Å²) in [6, 6.07) is 20.1. The molecule has 3 atom stereocenters. The number of piperidine rings is 1. The van der Waals surface area contributed by atoms with Crippen LogP contribution in [0.4, 0.5) is 0 Å². The maximum atomic E-state index is 12.1. The Bertz CT molecular complexity index is 1520. The van der Waals surface area contributed by atoms with Crippen LogP contribution in [0.15, 0.2) is 66.9 Å². The van der Waals surface area contributed by atoms with Crippen LogP contribution in [0, 0.1) is 5.92 Å². The Morgan fingerprint density at radius 2 is 1.78 bits per heavy atom. The fourth-order valence-corrected chi connectivity index (χ4v) is 6.89. The summed E-state index contributed by atoms with van der Waals surface area (Å²) in [5.74, 6) is 0.668. The maximum Gasteiger partial charge on any atom is 0.248 e. The number of amides is 2. The monoisotopic (exact) mass is 551 g/mol. The van der Waals surface area contributed by atoms with Crippen molar-refractivity contribution in [2.24, 2.45) is 11.7 Å². The van der Waals surface area contributed by atoms with Crippen LogP contribution in [0.25, 0.3) is 22.2 Å². The van der Waals surface area contributed by atoms with E-state index >= 15 is 0 Å². The molecule has 3 unspecified atom stereocenters. The van der Waals surface area contributed by atoms with E-state index in [1.54, 1.807) is 6.07 Å². The highest BCUT2D eigenvalue weighted by molar-refractivity contribution is 6.01. The highest BCUT2D eigenvalue weighted by atomic mass is 16.5. The highest BCUT2D eigenvalue weighted by Gasteiger charge is 2.40. The number of nitrogens with two attached hydrogens (primary N) is 1. The van der Waals surface area contributed by atoms with E-state index in [9.17, 15) is 9.59 Å². The van der Waals surface area contributed by atoms with Crippen molar-refractivity contribution in [3.63, 3.8) is 0 Å². The summed E-state index contributed by atoms with van der Waals surface area (Å²) in [7, 11) is 0. The van der Waals surface area contributed by atoms with Crippen molar-refractivity contribution >= 4 is 23.2 Å². The van der Waals surface area contributed by atoms with E-state index < -0.39 is 5.91 Å². The summed E-state index contributed by atoms with van der Waals surface area (Å²) < 4.78 is 8.46. The van der Waals surface area contributed by atoms with Crippen LogP contribution < -0.4 is 10.5 Å². The SMILES string of the molecule is CCC(CC)C(c1ccccn1)n1nc(-c2ccc(OC3CC4CCC(C3)N4C=O)cc2)c2cc(C(N)=O)ccc21. The number of ether oxygens (including phenoxy) is 1. The van der Waals surface area contributed by atoms with Gasteiger partial charge in [0.05, 0.1) is 17.3 Å². The number of rotatable bonds is 10. The van der Waals surface area contributed by atoms with Gasteiger partial charge in [-0.1, -0.05) is 32.8 Å². The summed E-state index contributed by atoms with van der Waals surface area (Å²) in [5, 5.41) is 6.06. The van der Waals surface area contributed by atoms with Crippen LogP contribution in [0.2, 0.25) is 0 Å². The molecule has 8 nitrogen and oxygen atoms in total. The van der Waals surface area contributed by atoms with Gasteiger partial charge in [-0.05, 0) is 73.4 Å². The average Bonchev–Trinajstić information content (AvgIpc) is 3.49. The third-order valence-electron chi connectivity index (χ3n) is 9.04. The first-order valence-corrected chi connectivity index (χ1v) is 14.7. The number of nitrogens with zero attached hydrogens (tertiary/aromatic N) is 4. The Hall–Kier alpha value is -4.20. The largest absolute Gasteiger partial charge is 0.490 e. The molecule has 2 fully saturated rings. The van der Waals surface area contributed by atoms with E-state index in [-0.39, 0.29) is 24.2 Å². The molecular weight excluding hydrogens is 514 g/mol. The molecule has 2 aromatic heterocycles. The minimum Gasteiger partial charge on any atom is -0.490 e. The molecule has 4 heterocycles. The van der Waals surface area contributed by atoms with Gasteiger partial charge in [-0.25, -0.2) is 0 Å². The molecule has 2 bridgehead atoms. The van der Waals surface area contributed by atoms with E-state index in [4.69, 9.17) is 20.6 Å². The number of hydrogen-bond donors (Lipinski definition) is 1. The Morgan fingerprint density at radius 3 is 2.39 bits per heavy atom. The van der Waals surface area contributed by atoms with Gasteiger partial charge in [0.25, 0.3) is 0 Å². The van der Waals surface area contributed by atoms with Crippen molar-refractivity contribution in [2.75, 3.05) is 0 Å². The quantitative estimate of drug-likeness (QED) is 0.253. The fraction of sp³-hybridized carbons (Fsp3) is 0.394. The van der Waals surface area contributed by atoms with Gasteiger partial charge in [0.15, 0.2) is 0 Å². The van der Waals surface area contributed by atoms with Gasteiger partial charge in [-0.15, -0.1) is 0 Å². The molecule has 0 radical (unpaired) electrons. The van der Waals surface area contributed by atoms with Crippen molar-refractivity contribution in [3.05, 3.63) is 78.1 Å². The van der Waals surface area contributed by atoms with Crippen LogP contribution in [0.3, 0.4) is 0 Å². The van der Waals surface area contributed by atoms with Crippen molar-refractivity contribution in [3.8, 4) is 17.0 Å². The number of pyridine rings is 1. The topological polar surface area (TPSA) is 103 Å². The summed E-state index contributed by atoms with van der Waals surface area (Å²) in [6.07, 6.45) is 8.74. The lowest BCUT2D eigenvalue weighted by molar-refractivity contribution is -0.123. The zero-order valence-electron chi connectivity index (χ0n) is 23.6. The summed E-state index contributed by atoms with van der Waals surface area (Å²) in [4.78, 5) is 30.3. The van der Waals surface area contributed by atoms with Crippen LogP contribution >= 0.6 is 0 Å². The number of aromatic nitrogens is 3. The van der Waals surface area contributed by atoms with E-state index in [1.165, 1.54) is 0 Å². The maximum absolute atomic E-state index is 12.1. The van der Waals surface area contributed by atoms with Crippen molar-refractivity contribution in [1.29, 1.82) is 0 Å². The van der Waals surface area contributed by atoms with Gasteiger partial charge in [0, 0.05) is 47.6 Å². The Labute approximate surface area is 240 Å². The van der Waals surface area contributed by atoms with Gasteiger partial charge in [0.2, 0.25) is 12.3 Å². The molecule has 212 valence electrons. The predicted octanol–water partition coefficient (Wildman–Crippen LogP) is 5.75. The number of primary amides is 1. The van der Waals surface area contributed by atoms with Crippen molar-refractivity contribution < 1.29 is 14.3 Å². The van der Waals surface area contributed by atoms with Crippen LogP contribution in [-0.4, -0.2) is 50.2 Å². The molecule has 8 heteroatoms. The summed E-state index contributed by atoms with van der Waals surface area (Å²) in [6.45, 7) is 4.41. The molecule has 2 aliphatic heterocycles.